The molecule has 0 radical (unpaired) electrons. The smallest absolute Gasteiger partial charge is 0.217 e. The van der Waals surface area contributed by atoms with Crippen molar-refractivity contribution in [3.8, 4) is 0 Å². The van der Waals surface area contributed by atoms with Gasteiger partial charge in [0.15, 0.2) is 0 Å². The molecule has 0 aliphatic heterocycles. The van der Waals surface area contributed by atoms with Crippen LogP contribution in [0.1, 0.15) is 40.9 Å². The van der Waals surface area contributed by atoms with Gasteiger partial charge in [0.2, 0.25) is 5.78 Å². The lowest BCUT2D eigenvalue weighted by Crippen LogP contribution is -2.50. The molecule has 2 nitrogen and oxygen atoms in total. The van der Waals surface area contributed by atoms with Gasteiger partial charge in [0.1, 0.15) is 13.1 Å². The molecule has 0 bridgehead atoms. The Morgan fingerprint density at radius 2 is 1.43 bits per heavy atom. The number of aryl methyl sites for hydroxylation is 2. The van der Waals surface area contributed by atoms with Gasteiger partial charge in [-0.3, -0.25) is 4.79 Å². The first kappa shape index (κ1) is 17.4. The fourth-order valence-electron chi connectivity index (χ4n) is 3.34. The van der Waals surface area contributed by atoms with Gasteiger partial charge in [0, 0.05) is 11.1 Å². The van der Waals surface area contributed by atoms with Crippen molar-refractivity contribution in [2.24, 2.45) is 0 Å². The number of benzene rings is 2. The standard InChI is InChI=1S/C21H28NO/c1-5-22(6-2,15-19-13-8-7-9-14-19)16-20(23)21-17(3)11-10-12-18(21)4/h7-14H,5-6,15-16H2,1-4H3/q+1. The van der Waals surface area contributed by atoms with E-state index in [1.165, 1.54) is 5.56 Å². The first-order chi connectivity index (χ1) is 11.0. The summed E-state index contributed by atoms with van der Waals surface area (Å²) in [5.41, 5.74) is 4.37. The van der Waals surface area contributed by atoms with Crippen molar-refractivity contribution in [1.82, 2.24) is 0 Å². The predicted molar refractivity (Wildman–Crippen MR) is 96.6 cm³/mol. The fraction of sp³-hybridized carbons (Fsp3) is 0.381. The number of quaternary nitrogens is 1. The third-order valence-corrected chi connectivity index (χ3v) is 4.94. The third-order valence-electron chi connectivity index (χ3n) is 4.94. The van der Waals surface area contributed by atoms with E-state index in [9.17, 15) is 4.79 Å². The van der Waals surface area contributed by atoms with Gasteiger partial charge in [0.25, 0.3) is 0 Å². The summed E-state index contributed by atoms with van der Waals surface area (Å²) in [5, 5.41) is 0. The van der Waals surface area contributed by atoms with E-state index in [-0.39, 0.29) is 5.78 Å². The summed E-state index contributed by atoms with van der Waals surface area (Å²) in [6.07, 6.45) is 0. The van der Waals surface area contributed by atoms with E-state index in [4.69, 9.17) is 0 Å². The van der Waals surface area contributed by atoms with Gasteiger partial charge in [-0.15, -0.1) is 0 Å². The summed E-state index contributed by atoms with van der Waals surface area (Å²) in [5.74, 6) is 0.264. The lowest BCUT2D eigenvalue weighted by Gasteiger charge is -2.36. The Bertz CT molecular complexity index is 637. The summed E-state index contributed by atoms with van der Waals surface area (Å²) < 4.78 is 0.802. The molecule has 0 unspecified atom stereocenters. The van der Waals surface area contributed by atoms with Gasteiger partial charge >= 0.3 is 0 Å². The van der Waals surface area contributed by atoms with E-state index in [0.29, 0.717) is 6.54 Å². The third kappa shape index (κ3) is 4.08. The molecule has 0 N–H and O–H groups in total. The molecular weight excluding hydrogens is 282 g/mol. The summed E-state index contributed by atoms with van der Waals surface area (Å²) in [6.45, 7) is 11.8. The maximum Gasteiger partial charge on any atom is 0.217 e. The summed E-state index contributed by atoms with van der Waals surface area (Å²) in [6, 6.07) is 16.6. The zero-order valence-electron chi connectivity index (χ0n) is 14.8. The summed E-state index contributed by atoms with van der Waals surface area (Å²) in [4.78, 5) is 13.0. The van der Waals surface area contributed by atoms with Gasteiger partial charge < -0.3 is 4.48 Å². The molecule has 0 amide bonds. The topological polar surface area (TPSA) is 17.1 Å². The Kier molecular flexibility index (Phi) is 5.73. The number of rotatable bonds is 7. The van der Waals surface area contributed by atoms with Crippen LogP contribution in [-0.4, -0.2) is 29.9 Å². The molecular formula is C21H28NO+. The molecule has 0 spiro atoms. The van der Waals surface area contributed by atoms with Crippen molar-refractivity contribution in [3.05, 3.63) is 70.8 Å². The number of carbonyl (C=O) groups is 1. The average molecular weight is 310 g/mol. The van der Waals surface area contributed by atoms with Crippen LogP contribution in [0.3, 0.4) is 0 Å². The van der Waals surface area contributed by atoms with E-state index >= 15 is 0 Å². The Balaban J connectivity index is 2.27. The zero-order valence-corrected chi connectivity index (χ0v) is 14.8. The van der Waals surface area contributed by atoms with Crippen LogP contribution in [0.15, 0.2) is 48.5 Å². The Morgan fingerprint density at radius 1 is 0.870 bits per heavy atom. The summed E-state index contributed by atoms with van der Waals surface area (Å²) in [7, 11) is 0. The van der Waals surface area contributed by atoms with Crippen molar-refractivity contribution in [3.63, 3.8) is 0 Å². The molecule has 122 valence electrons. The lowest BCUT2D eigenvalue weighted by atomic mass is 9.98. The average Bonchev–Trinajstić information content (AvgIpc) is 2.55. The second kappa shape index (κ2) is 7.56. The quantitative estimate of drug-likeness (QED) is 0.542. The number of likely N-dealkylation sites (N-methyl/N-ethyl adjacent to an activating group) is 1. The highest BCUT2D eigenvalue weighted by Gasteiger charge is 2.29. The number of ketones is 1. The highest BCUT2D eigenvalue weighted by molar-refractivity contribution is 5.99. The van der Waals surface area contributed by atoms with Gasteiger partial charge in [-0.2, -0.15) is 0 Å². The second-order valence-electron chi connectivity index (χ2n) is 6.47. The number of hydrogen-bond donors (Lipinski definition) is 0. The second-order valence-corrected chi connectivity index (χ2v) is 6.47. The molecule has 0 atom stereocenters. The van der Waals surface area contributed by atoms with Crippen molar-refractivity contribution in [2.75, 3.05) is 19.6 Å². The Hall–Kier alpha value is -1.93. The molecule has 2 aromatic carbocycles. The SMILES string of the molecule is CC[N+](CC)(CC(=O)c1c(C)cccc1C)Cc1ccccc1. The first-order valence-corrected chi connectivity index (χ1v) is 8.50. The largest absolute Gasteiger partial charge is 0.314 e. The lowest BCUT2D eigenvalue weighted by molar-refractivity contribution is -0.930. The van der Waals surface area contributed by atoms with Crippen LogP contribution in [0.4, 0.5) is 0 Å². The van der Waals surface area contributed by atoms with Crippen LogP contribution >= 0.6 is 0 Å². The minimum absolute atomic E-state index is 0.264. The molecule has 0 saturated heterocycles. The van der Waals surface area contributed by atoms with E-state index < -0.39 is 0 Å². The van der Waals surface area contributed by atoms with Crippen LogP contribution in [0.25, 0.3) is 0 Å². The van der Waals surface area contributed by atoms with Gasteiger partial charge in [-0.05, 0) is 38.8 Å². The van der Waals surface area contributed by atoms with E-state index in [0.717, 1.165) is 40.8 Å². The molecule has 0 aliphatic rings. The Morgan fingerprint density at radius 3 is 1.96 bits per heavy atom. The molecule has 2 rings (SSSR count). The van der Waals surface area contributed by atoms with Crippen LogP contribution in [0, 0.1) is 13.8 Å². The van der Waals surface area contributed by atoms with Crippen molar-refractivity contribution in [1.29, 1.82) is 0 Å². The molecule has 0 aliphatic carbocycles. The number of carbonyl (C=O) groups excluding carboxylic acids is 1. The molecule has 0 saturated carbocycles. The maximum atomic E-state index is 13.0. The highest BCUT2D eigenvalue weighted by atomic mass is 16.1. The number of Topliss-reactive ketones (excluding diaryl/α,β-unsaturated/α-hetero) is 1. The van der Waals surface area contributed by atoms with Crippen molar-refractivity contribution >= 4 is 5.78 Å². The van der Waals surface area contributed by atoms with Crippen molar-refractivity contribution in [2.45, 2.75) is 34.2 Å². The minimum atomic E-state index is 0.264. The minimum Gasteiger partial charge on any atom is -0.314 e. The van der Waals surface area contributed by atoms with E-state index in [1.807, 2.05) is 38.1 Å². The molecule has 23 heavy (non-hydrogen) atoms. The maximum absolute atomic E-state index is 13.0. The molecule has 2 heteroatoms. The highest BCUT2D eigenvalue weighted by Crippen LogP contribution is 2.19. The molecule has 2 aromatic rings. The van der Waals surface area contributed by atoms with Gasteiger partial charge in [0.05, 0.1) is 13.1 Å². The van der Waals surface area contributed by atoms with Crippen LogP contribution < -0.4 is 0 Å². The van der Waals surface area contributed by atoms with Crippen LogP contribution in [-0.2, 0) is 6.54 Å². The van der Waals surface area contributed by atoms with Gasteiger partial charge in [-0.1, -0.05) is 48.5 Å². The van der Waals surface area contributed by atoms with Crippen molar-refractivity contribution < 1.29 is 9.28 Å². The number of hydrogen-bond acceptors (Lipinski definition) is 1. The predicted octanol–water partition coefficient (Wildman–Crippen LogP) is 4.54. The van der Waals surface area contributed by atoms with Crippen LogP contribution in [0.2, 0.25) is 0 Å². The number of nitrogens with zero attached hydrogens (tertiary/aromatic N) is 1. The zero-order chi connectivity index (χ0) is 16.9. The monoisotopic (exact) mass is 310 g/mol. The molecule has 0 heterocycles. The Labute approximate surface area is 140 Å². The van der Waals surface area contributed by atoms with E-state index in [1.54, 1.807) is 0 Å². The van der Waals surface area contributed by atoms with E-state index in [2.05, 4.69) is 38.1 Å². The first-order valence-electron chi connectivity index (χ1n) is 8.50. The molecule has 0 aromatic heterocycles. The summed E-state index contributed by atoms with van der Waals surface area (Å²) >= 11 is 0. The normalized spacial score (nSPS) is 11.5. The molecule has 0 fully saturated rings. The van der Waals surface area contributed by atoms with Gasteiger partial charge in [-0.25, -0.2) is 0 Å². The van der Waals surface area contributed by atoms with Crippen LogP contribution in [0.5, 0.6) is 0 Å². The fourth-order valence-corrected chi connectivity index (χ4v) is 3.34.